The molecule has 6 rings (SSSR count). The van der Waals surface area contributed by atoms with Crippen LogP contribution in [0.5, 0.6) is 0 Å². The van der Waals surface area contributed by atoms with Crippen molar-refractivity contribution < 1.29 is 17.0 Å². The van der Waals surface area contributed by atoms with E-state index < -0.39 is 27.5 Å². The fourth-order valence-electron chi connectivity index (χ4n) is 5.46. The number of unbranched alkanes of at least 4 members (excludes halogenated alkanes) is 1. The Hall–Kier alpha value is -2.95. The predicted octanol–water partition coefficient (Wildman–Crippen LogP) is 3.99. The Labute approximate surface area is 276 Å². The van der Waals surface area contributed by atoms with Crippen molar-refractivity contribution in [2.24, 2.45) is 0 Å². The number of halogens is 1. The zero-order chi connectivity index (χ0) is 28.9. The van der Waals surface area contributed by atoms with Gasteiger partial charge in [-0.15, -0.1) is 0 Å². The van der Waals surface area contributed by atoms with Crippen LogP contribution in [0.15, 0.2) is 182 Å². The third kappa shape index (κ3) is 8.36. The van der Waals surface area contributed by atoms with Gasteiger partial charge >= 0.3 is 122 Å². The third-order valence-electron chi connectivity index (χ3n) is 7.48. The first-order chi connectivity index (χ1) is 20.8. The summed E-state index contributed by atoms with van der Waals surface area (Å²) in [6.07, 6.45) is 3.72. The summed E-state index contributed by atoms with van der Waals surface area (Å²) < 4.78 is 4.55. The standard InChI is InChI=1S/C22H24P.3C6H5.BrH.Sb/c1-2-3-19-23(20-13-7-4-8-14-20,21-15-9-5-10-16-21)22-17-11-6-12-18-22;3*1-2-4-6-5-3-1;;/h4-18H,2-3,19H2,1H3;3*1-5H;1H;/q+1;;;;;/p-1. The molecule has 0 amide bonds. The molecule has 6 aromatic carbocycles. The van der Waals surface area contributed by atoms with E-state index in [0.29, 0.717) is 0 Å². The van der Waals surface area contributed by atoms with E-state index in [4.69, 9.17) is 0 Å². The van der Waals surface area contributed by atoms with Gasteiger partial charge in [0.05, 0.1) is 6.16 Å². The maximum atomic E-state index is 2.32. The van der Waals surface area contributed by atoms with Gasteiger partial charge < -0.3 is 17.0 Å². The van der Waals surface area contributed by atoms with Crippen LogP contribution in [-0.4, -0.2) is 26.4 Å². The van der Waals surface area contributed by atoms with Gasteiger partial charge in [-0.25, -0.2) is 0 Å². The Morgan fingerprint density at radius 2 is 0.651 bits per heavy atom. The number of hydrogen-bond donors (Lipinski definition) is 0. The molecule has 0 aliphatic carbocycles. The van der Waals surface area contributed by atoms with E-state index in [1.165, 1.54) is 45.4 Å². The zero-order valence-corrected chi connectivity index (χ0v) is 29.7. The summed E-state index contributed by atoms with van der Waals surface area (Å²) in [6.45, 7) is 2.29. The van der Waals surface area contributed by atoms with Crippen LogP contribution in [0.4, 0.5) is 0 Å². The van der Waals surface area contributed by atoms with Crippen molar-refractivity contribution in [2.75, 3.05) is 6.16 Å². The van der Waals surface area contributed by atoms with Crippen molar-refractivity contribution in [1.82, 2.24) is 0 Å². The quantitative estimate of drug-likeness (QED) is 0.155. The molecule has 43 heavy (non-hydrogen) atoms. The molecular weight excluding hydrogens is 713 g/mol. The molecule has 0 saturated heterocycles. The molecule has 0 spiro atoms. The van der Waals surface area contributed by atoms with Crippen LogP contribution < -0.4 is 43.4 Å². The minimum absolute atomic E-state index is 0. The first-order valence-corrected chi connectivity index (χ1v) is 20.6. The predicted molar refractivity (Wildman–Crippen MR) is 189 cm³/mol. The SMILES string of the molecule is CCCC[P+](c1ccccc1)(c1ccccc1)c1ccccc1.[Br-].c1cc[c]([Sb]([c]2ccccc2)[c]2ccccc2)cc1. The second-order valence-electron chi connectivity index (χ2n) is 10.2. The maximum absolute atomic E-state index is 2.32. The monoisotopic (exact) mass is 750 g/mol. The Balaban J connectivity index is 0.000000195. The van der Waals surface area contributed by atoms with E-state index in [1.54, 1.807) is 0 Å². The number of rotatable bonds is 9. The van der Waals surface area contributed by atoms with E-state index in [1.807, 2.05) is 0 Å². The number of hydrogen-bond acceptors (Lipinski definition) is 0. The van der Waals surface area contributed by atoms with Gasteiger partial charge in [0, 0.05) is 0 Å². The molecule has 0 aromatic heterocycles. The van der Waals surface area contributed by atoms with Crippen LogP contribution in [0, 0.1) is 0 Å². The fraction of sp³-hybridized carbons (Fsp3) is 0.100. The molecule has 0 saturated carbocycles. The van der Waals surface area contributed by atoms with Crippen molar-refractivity contribution in [3.63, 3.8) is 0 Å². The molecule has 0 radical (unpaired) electrons. The Morgan fingerprint density at radius 1 is 0.395 bits per heavy atom. The third-order valence-corrected chi connectivity index (χ3v) is 19.0. The number of benzene rings is 6. The van der Waals surface area contributed by atoms with Gasteiger partial charge in [0.1, 0.15) is 23.2 Å². The van der Waals surface area contributed by atoms with Crippen LogP contribution in [0.25, 0.3) is 0 Å². The summed E-state index contributed by atoms with van der Waals surface area (Å²) in [7, 11) is -1.57. The molecule has 0 N–H and O–H groups in total. The average Bonchev–Trinajstić information content (AvgIpc) is 3.09. The van der Waals surface area contributed by atoms with Crippen LogP contribution in [0.1, 0.15) is 19.8 Å². The molecule has 0 bridgehead atoms. The van der Waals surface area contributed by atoms with Crippen LogP contribution >= 0.6 is 7.26 Å². The Kier molecular flexibility index (Phi) is 13.3. The first kappa shape index (κ1) is 33.0. The molecule has 0 fully saturated rings. The summed E-state index contributed by atoms with van der Waals surface area (Å²) in [5.74, 6) is 0. The van der Waals surface area contributed by atoms with Crippen LogP contribution in [0.2, 0.25) is 0 Å². The van der Waals surface area contributed by atoms with Gasteiger partial charge in [0.25, 0.3) is 0 Å². The minimum atomic E-state index is -1.83. The Morgan fingerprint density at radius 3 is 0.907 bits per heavy atom. The summed E-state index contributed by atoms with van der Waals surface area (Å²) >= 11 is -1.83. The average molecular weight is 752 g/mol. The van der Waals surface area contributed by atoms with E-state index in [0.717, 1.165) is 0 Å². The van der Waals surface area contributed by atoms with Crippen LogP contribution in [-0.2, 0) is 0 Å². The van der Waals surface area contributed by atoms with Gasteiger partial charge in [-0.05, 0) is 42.8 Å². The van der Waals surface area contributed by atoms with Gasteiger partial charge in [-0.3, -0.25) is 0 Å². The molecule has 0 atom stereocenters. The van der Waals surface area contributed by atoms with Gasteiger partial charge in [-0.2, -0.15) is 0 Å². The van der Waals surface area contributed by atoms with Gasteiger partial charge in [0.2, 0.25) is 0 Å². The van der Waals surface area contributed by atoms with Crippen LogP contribution in [0.3, 0.4) is 0 Å². The molecule has 0 aliphatic rings. The topological polar surface area (TPSA) is 0 Å². The van der Waals surface area contributed by atoms with E-state index in [-0.39, 0.29) is 17.0 Å². The Bertz CT molecular complexity index is 1390. The molecule has 6 aromatic rings. The second-order valence-corrected chi connectivity index (χ2v) is 20.2. The zero-order valence-electron chi connectivity index (χ0n) is 24.7. The van der Waals surface area contributed by atoms with Crippen molar-refractivity contribution >= 4 is 53.9 Å². The van der Waals surface area contributed by atoms with E-state index in [2.05, 4.69) is 189 Å². The molecule has 0 nitrogen and oxygen atoms in total. The summed E-state index contributed by atoms with van der Waals surface area (Å²) in [6, 6.07) is 66.3. The van der Waals surface area contributed by atoms with Gasteiger partial charge in [0.15, 0.2) is 0 Å². The van der Waals surface area contributed by atoms with Crippen molar-refractivity contribution in [3.8, 4) is 0 Å². The first-order valence-electron chi connectivity index (χ1n) is 14.8. The van der Waals surface area contributed by atoms with Crippen molar-refractivity contribution in [1.29, 1.82) is 0 Å². The summed E-state index contributed by atoms with van der Waals surface area (Å²) in [5.41, 5.74) is 0. The summed E-state index contributed by atoms with van der Waals surface area (Å²) in [4.78, 5) is 0. The molecule has 0 heterocycles. The molecule has 0 unspecified atom stereocenters. The normalized spacial score (nSPS) is 10.7. The van der Waals surface area contributed by atoms with Crippen molar-refractivity contribution in [3.05, 3.63) is 182 Å². The molecule has 216 valence electrons. The van der Waals surface area contributed by atoms with Gasteiger partial charge in [-0.1, -0.05) is 67.9 Å². The van der Waals surface area contributed by atoms with Crippen molar-refractivity contribution in [2.45, 2.75) is 19.8 Å². The molecule has 0 aliphatic heterocycles. The van der Waals surface area contributed by atoms with E-state index >= 15 is 0 Å². The molecular formula is C40H39BrPSb. The summed E-state index contributed by atoms with van der Waals surface area (Å²) in [5, 5.41) is 4.47. The second kappa shape index (κ2) is 17.4. The molecule has 3 heteroatoms. The fourth-order valence-corrected chi connectivity index (χ4v) is 16.5. The van der Waals surface area contributed by atoms with E-state index in [9.17, 15) is 0 Å².